The van der Waals surface area contributed by atoms with Gasteiger partial charge in [-0.15, -0.1) is 0 Å². The van der Waals surface area contributed by atoms with Crippen molar-refractivity contribution in [3.63, 3.8) is 0 Å². The van der Waals surface area contributed by atoms with Crippen molar-refractivity contribution in [3.05, 3.63) is 0 Å². The minimum Gasteiger partial charge on any atom is -0.385 e. The number of rotatable bonds is 1. The molecule has 0 unspecified atom stereocenters. The molecule has 1 fully saturated rings. The van der Waals surface area contributed by atoms with Gasteiger partial charge < -0.3 is 4.74 Å². The summed E-state index contributed by atoms with van der Waals surface area (Å²) in [6, 6.07) is 0. The summed E-state index contributed by atoms with van der Waals surface area (Å²) in [5.74, 6) is 1.05. The van der Waals surface area contributed by atoms with Crippen LogP contribution in [0.5, 0.6) is 0 Å². The van der Waals surface area contributed by atoms with Crippen LogP contribution in [0.1, 0.15) is 39.5 Å². The van der Waals surface area contributed by atoms with Crippen LogP contribution in [-0.4, -0.2) is 13.7 Å². The van der Waals surface area contributed by atoms with Crippen LogP contribution >= 0.6 is 0 Å². The molecule has 1 nitrogen and oxygen atoms in total. The molecule has 0 bridgehead atoms. The number of hydrogen-bond acceptors (Lipinski definition) is 1. The summed E-state index contributed by atoms with van der Waals surface area (Å²) in [4.78, 5) is 0. The van der Waals surface area contributed by atoms with Gasteiger partial charge in [-0.2, -0.15) is 0 Å². The van der Waals surface area contributed by atoms with Gasteiger partial charge in [-0.3, -0.25) is 0 Å². The van der Waals surface area contributed by atoms with Crippen LogP contribution in [0.3, 0.4) is 0 Å². The van der Waals surface area contributed by atoms with E-state index in [0.717, 1.165) is 12.5 Å². The highest BCUT2D eigenvalue weighted by Gasteiger charge is 2.07. The van der Waals surface area contributed by atoms with E-state index in [2.05, 4.69) is 11.7 Å². The molecule has 0 atom stereocenters. The predicted molar refractivity (Wildman–Crippen MR) is 45.2 cm³/mol. The SMILES string of the molecule is CC1CCCC1.CCOC. The molecule has 1 saturated carbocycles. The van der Waals surface area contributed by atoms with E-state index in [9.17, 15) is 0 Å². The van der Waals surface area contributed by atoms with E-state index in [0.29, 0.717) is 0 Å². The number of hydrogen-bond donors (Lipinski definition) is 0. The third kappa shape index (κ3) is 6.09. The van der Waals surface area contributed by atoms with Crippen molar-refractivity contribution in [1.29, 1.82) is 0 Å². The average Bonchev–Trinajstić information content (AvgIpc) is 2.40. The largest absolute Gasteiger partial charge is 0.385 e. The van der Waals surface area contributed by atoms with E-state index in [1.54, 1.807) is 7.11 Å². The molecule has 0 saturated heterocycles. The molecular formula is C9H20O. The van der Waals surface area contributed by atoms with E-state index in [1.807, 2.05) is 6.92 Å². The van der Waals surface area contributed by atoms with Crippen LogP contribution in [0.4, 0.5) is 0 Å². The Balaban J connectivity index is 0.000000180. The second kappa shape index (κ2) is 7.07. The Labute approximate surface area is 64.8 Å². The van der Waals surface area contributed by atoms with Crippen molar-refractivity contribution in [3.8, 4) is 0 Å². The van der Waals surface area contributed by atoms with E-state index in [-0.39, 0.29) is 0 Å². The summed E-state index contributed by atoms with van der Waals surface area (Å²) in [5.41, 5.74) is 0. The van der Waals surface area contributed by atoms with E-state index < -0.39 is 0 Å². The Morgan fingerprint density at radius 3 is 1.80 bits per heavy atom. The van der Waals surface area contributed by atoms with Gasteiger partial charge in [0.15, 0.2) is 0 Å². The monoisotopic (exact) mass is 144 g/mol. The Kier molecular flexibility index (Phi) is 7.04. The summed E-state index contributed by atoms with van der Waals surface area (Å²) >= 11 is 0. The lowest BCUT2D eigenvalue weighted by Crippen LogP contribution is -1.78. The minimum absolute atomic E-state index is 0.819. The first-order valence-corrected chi connectivity index (χ1v) is 4.30. The Bertz CT molecular complexity index is 53.7. The Morgan fingerprint density at radius 1 is 1.30 bits per heavy atom. The fourth-order valence-corrected chi connectivity index (χ4v) is 1.13. The van der Waals surface area contributed by atoms with Gasteiger partial charge in [0.05, 0.1) is 0 Å². The first-order chi connectivity index (χ1) is 4.81. The van der Waals surface area contributed by atoms with Crippen molar-refractivity contribution < 1.29 is 4.74 Å². The first kappa shape index (κ1) is 9.96. The molecule has 0 amide bonds. The molecule has 0 N–H and O–H groups in total. The van der Waals surface area contributed by atoms with Crippen molar-refractivity contribution in [2.24, 2.45) is 5.92 Å². The van der Waals surface area contributed by atoms with E-state index in [4.69, 9.17) is 0 Å². The van der Waals surface area contributed by atoms with Crippen LogP contribution < -0.4 is 0 Å². The Morgan fingerprint density at radius 2 is 1.70 bits per heavy atom. The van der Waals surface area contributed by atoms with Crippen LogP contribution in [-0.2, 0) is 4.74 Å². The molecule has 62 valence electrons. The van der Waals surface area contributed by atoms with Crippen LogP contribution in [0, 0.1) is 5.92 Å². The zero-order valence-corrected chi connectivity index (χ0v) is 7.52. The normalized spacial score (nSPS) is 18.3. The van der Waals surface area contributed by atoms with Gasteiger partial charge in [-0.25, -0.2) is 0 Å². The average molecular weight is 144 g/mol. The molecule has 1 rings (SSSR count). The molecule has 0 aromatic heterocycles. The van der Waals surface area contributed by atoms with Gasteiger partial charge in [0, 0.05) is 13.7 Å². The quantitative estimate of drug-likeness (QED) is 0.550. The van der Waals surface area contributed by atoms with Gasteiger partial charge >= 0.3 is 0 Å². The van der Waals surface area contributed by atoms with E-state index >= 15 is 0 Å². The van der Waals surface area contributed by atoms with Crippen molar-refractivity contribution in [2.45, 2.75) is 39.5 Å². The molecular weight excluding hydrogens is 124 g/mol. The van der Waals surface area contributed by atoms with Crippen LogP contribution in [0.25, 0.3) is 0 Å². The van der Waals surface area contributed by atoms with Crippen LogP contribution in [0.2, 0.25) is 0 Å². The summed E-state index contributed by atoms with van der Waals surface area (Å²) in [7, 11) is 1.68. The van der Waals surface area contributed by atoms with Crippen molar-refractivity contribution in [2.75, 3.05) is 13.7 Å². The fourth-order valence-electron chi connectivity index (χ4n) is 1.13. The highest BCUT2D eigenvalue weighted by Crippen LogP contribution is 2.22. The predicted octanol–water partition coefficient (Wildman–Crippen LogP) is 2.85. The Hall–Kier alpha value is -0.0400. The molecule has 1 heteroatoms. The molecule has 10 heavy (non-hydrogen) atoms. The molecule has 1 aliphatic rings. The zero-order chi connectivity index (χ0) is 7.82. The molecule has 1 aliphatic carbocycles. The summed E-state index contributed by atoms with van der Waals surface area (Å²) < 4.78 is 4.54. The van der Waals surface area contributed by atoms with Crippen molar-refractivity contribution >= 4 is 0 Å². The fraction of sp³-hybridized carbons (Fsp3) is 1.00. The third-order valence-electron chi connectivity index (χ3n) is 1.93. The highest BCUT2D eigenvalue weighted by atomic mass is 16.5. The van der Waals surface area contributed by atoms with Gasteiger partial charge in [-0.05, 0) is 12.8 Å². The second-order valence-electron chi connectivity index (χ2n) is 2.97. The minimum atomic E-state index is 0.819. The maximum atomic E-state index is 4.54. The van der Waals surface area contributed by atoms with Gasteiger partial charge in [0.2, 0.25) is 0 Å². The highest BCUT2D eigenvalue weighted by molar-refractivity contribution is 4.60. The van der Waals surface area contributed by atoms with E-state index in [1.165, 1.54) is 25.7 Å². The summed E-state index contributed by atoms with van der Waals surface area (Å²) in [5, 5.41) is 0. The smallest absolute Gasteiger partial charge is 0.0433 e. The molecule has 0 spiro atoms. The van der Waals surface area contributed by atoms with Gasteiger partial charge in [0.1, 0.15) is 0 Å². The lowest BCUT2D eigenvalue weighted by Gasteiger charge is -1.91. The summed E-state index contributed by atoms with van der Waals surface area (Å²) in [6.07, 6.45) is 5.95. The molecule has 0 heterocycles. The molecule has 0 aromatic carbocycles. The third-order valence-corrected chi connectivity index (χ3v) is 1.93. The lowest BCUT2D eigenvalue weighted by molar-refractivity contribution is 0.215. The van der Waals surface area contributed by atoms with Crippen LogP contribution in [0.15, 0.2) is 0 Å². The topological polar surface area (TPSA) is 9.23 Å². The standard InChI is InChI=1S/C6H12.C3H8O/c1-6-4-2-3-5-6;1-3-4-2/h6H,2-5H2,1H3;3H2,1-2H3. The molecule has 0 aromatic rings. The molecule has 0 aliphatic heterocycles. The number of ether oxygens (including phenoxy) is 1. The number of methoxy groups -OCH3 is 1. The zero-order valence-electron chi connectivity index (χ0n) is 7.52. The van der Waals surface area contributed by atoms with Crippen molar-refractivity contribution in [1.82, 2.24) is 0 Å². The molecule has 0 radical (unpaired) electrons. The summed E-state index contributed by atoms with van der Waals surface area (Å²) in [6.45, 7) is 5.12. The first-order valence-electron chi connectivity index (χ1n) is 4.30. The maximum absolute atomic E-state index is 4.54. The van der Waals surface area contributed by atoms with Gasteiger partial charge in [-0.1, -0.05) is 32.6 Å². The van der Waals surface area contributed by atoms with Gasteiger partial charge in [0.25, 0.3) is 0 Å². The lowest BCUT2D eigenvalue weighted by atomic mass is 10.2. The second-order valence-corrected chi connectivity index (χ2v) is 2.97. The maximum Gasteiger partial charge on any atom is 0.0433 e.